The van der Waals surface area contributed by atoms with Gasteiger partial charge in [0.25, 0.3) is 0 Å². The van der Waals surface area contributed by atoms with E-state index in [1.165, 1.54) is 12.5 Å². The van der Waals surface area contributed by atoms with E-state index in [-0.39, 0.29) is 17.1 Å². The van der Waals surface area contributed by atoms with Crippen molar-refractivity contribution in [3.63, 3.8) is 0 Å². The Morgan fingerprint density at radius 2 is 1.67 bits per heavy atom. The summed E-state index contributed by atoms with van der Waals surface area (Å²) in [4.78, 5) is 84.8. The van der Waals surface area contributed by atoms with Gasteiger partial charge >= 0.3 is 23.9 Å². The first-order valence-corrected chi connectivity index (χ1v) is 15.0. The lowest BCUT2D eigenvalue weighted by molar-refractivity contribution is -0.191. The summed E-state index contributed by atoms with van der Waals surface area (Å²) in [7, 11) is 0. The molecule has 4 rings (SSSR count). The number of Topliss-reactive ketones (excluding diaryl/α,β-unsaturated/α-hetero) is 1. The van der Waals surface area contributed by atoms with Crippen molar-refractivity contribution in [3.05, 3.63) is 11.6 Å². The van der Waals surface area contributed by atoms with E-state index in [0.29, 0.717) is 37.5 Å². The Labute approximate surface area is 249 Å². The van der Waals surface area contributed by atoms with Crippen LogP contribution in [0.4, 0.5) is 0 Å². The largest absolute Gasteiger partial charge is 0.481 e. The highest BCUT2D eigenvalue weighted by atomic mass is 16.6. The molecule has 0 aromatic rings. The van der Waals surface area contributed by atoms with Gasteiger partial charge in [0.2, 0.25) is 11.7 Å². The van der Waals surface area contributed by atoms with Gasteiger partial charge in [-0.1, -0.05) is 19.4 Å². The Kier molecular flexibility index (Phi) is 9.18. The Hall–Kier alpha value is -3.57. The van der Waals surface area contributed by atoms with Gasteiger partial charge < -0.3 is 25.0 Å². The van der Waals surface area contributed by atoms with Crippen LogP contribution < -0.4 is 5.32 Å². The molecule has 0 aliphatic heterocycles. The van der Waals surface area contributed by atoms with Gasteiger partial charge in [0.15, 0.2) is 18.0 Å². The van der Waals surface area contributed by atoms with E-state index in [2.05, 4.69) is 6.92 Å². The second kappa shape index (κ2) is 12.2. The molecule has 0 unspecified atom stereocenters. The number of carboxylic acids is 2. The minimum atomic E-state index is -1.65. The highest BCUT2D eigenvalue weighted by Gasteiger charge is 2.68. The molecule has 4 aliphatic rings. The van der Waals surface area contributed by atoms with E-state index in [1.807, 2.05) is 18.3 Å². The maximum atomic E-state index is 13.8. The Morgan fingerprint density at radius 3 is 2.33 bits per heavy atom. The summed E-state index contributed by atoms with van der Waals surface area (Å²) < 4.78 is 11.1. The number of nitrogens with one attached hydrogen (secondary N) is 1. The minimum Gasteiger partial charge on any atom is -0.481 e. The van der Waals surface area contributed by atoms with E-state index < -0.39 is 78.5 Å². The first kappa shape index (κ1) is 32.3. The summed E-state index contributed by atoms with van der Waals surface area (Å²) in [6, 6.07) is -1.65. The van der Waals surface area contributed by atoms with Gasteiger partial charge in [-0.25, -0.2) is 4.79 Å². The Bertz CT molecular complexity index is 1260. The van der Waals surface area contributed by atoms with Crippen LogP contribution in [-0.2, 0) is 43.0 Å². The molecule has 0 spiro atoms. The summed E-state index contributed by atoms with van der Waals surface area (Å²) >= 11 is 0. The molecule has 236 valence electrons. The van der Waals surface area contributed by atoms with Crippen LogP contribution in [0.25, 0.3) is 0 Å². The topological polar surface area (TPSA) is 190 Å². The second-order valence-electron chi connectivity index (χ2n) is 13.0. The number of fused-ring (bicyclic) bond motifs is 5. The molecule has 4 aliphatic carbocycles. The molecule has 3 fully saturated rings. The van der Waals surface area contributed by atoms with Crippen LogP contribution >= 0.6 is 0 Å². The van der Waals surface area contributed by atoms with Gasteiger partial charge in [0.1, 0.15) is 6.04 Å². The van der Waals surface area contributed by atoms with Crippen LogP contribution in [0.2, 0.25) is 0 Å². The van der Waals surface area contributed by atoms with Crippen LogP contribution in [0, 0.1) is 28.6 Å². The lowest BCUT2D eigenvalue weighted by Crippen LogP contribution is -2.59. The lowest BCUT2D eigenvalue weighted by atomic mass is 9.46. The summed E-state index contributed by atoms with van der Waals surface area (Å²) in [6.45, 7) is 4.88. The molecule has 0 aromatic heterocycles. The van der Waals surface area contributed by atoms with Crippen molar-refractivity contribution < 1.29 is 53.2 Å². The predicted octanol–water partition coefficient (Wildman–Crippen LogP) is 2.76. The molecule has 0 bridgehead atoms. The van der Waals surface area contributed by atoms with Gasteiger partial charge in [-0.2, -0.15) is 0 Å². The molecule has 1 amide bonds. The molecular formula is C31H41NO11. The number of rotatable bonds is 11. The summed E-state index contributed by atoms with van der Waals surface area (Å²) in [5.41, 5.74) is -0.956. The first-order chi connectivity index (χ1) is 20.1. The van der Waals surface area contributed by atoms with E-state index in [9.17, 15) is 33.6 Å². The SMILES string of the molecule is CC(=O)O[C@]1(C(=O)COC(=O)CCC(=O)N[C@H](CC(=O)O)C(=O)O)CC[C@@H]2[C@H]3CCC4=CC(=O)CC[C@]4(C)[C@H]3CC[C@@]21C. The van der Waals surface area contributed by atoms with Gasteiger partial charge in [-0.3, -0.25) is 28.8 Å². The van der Waals surface area contributed by atoms with Crippen LogP contribution in [0.15, 0.2) is 11.6 Å². The van der Waals surface area contributed by atoms with Crippen molar-refractivity contribution >= 4 is 41.4 Å². The fraction of sp³-hybridized carbons (Fsp3) is 0.710. The number of hydrogen-bond acceptors (Lipinski definition) is 9. The van der Waals surface area contributed by atoms with Gasteiger partial charge in [0.05, 0.1) is 12.8 Å². The molecule has 7 atom stereocenters. The highest BCUT2D eigenvalue weighted by molar-refractivity contribution is 5.94. The average Bonchev–Trinajstić information content (AvgIpc) is 3.22. The summed E-state index contributed by atoms with van der Waals surface area (Å²) in [6.07, 6.45) is 5.65. The van der Waals surface area contributed by atoms with Crippen LogP contribution in [0.5, 0.6) is 0 Å². The third kappa shape index (κ3) is 6.10. The smallest absolute Gasteiger partial charge is 0.326 e. The van der Waals surface area contributed by atoms with Gasteiger partial charge in [-0.15, -0.1) is 0 Å². The molecule has 12 nitrogen and oxygen atoms in total. The molecular weight excluding hydrogens is 562 g/mol. The van der Waals surface area contributed by atoms with Gasteiger partial charge in [-0.05, 0) is 74.2 Å². The highest BCUT2D eigenvalue weighted by Crippen LogP contribution is 2.68. The molecule has 12 heteroatoms. The summed E-state index contributed by atoms with van der Waals surface area (Å²) in [5.74, 6) is -4.80. The van der Waals surface area contributed by atoms with Crippen molar-refractivity contribution in [1.82, 2.24) is 5.32 Å². The van der Waals surface area contributed by atoms with Crippen molar-refractivity contribution in [2.75, 3.05) is 6.61 Å². The number of amides is 1. The monoisotopic (exact) mass is 603 g/mol. The maximum absolute atomic E-state index is 13.8. The quantitative estimate of drug-likeness (QED) is 0.294. The molecule has 0 radical (unpaired) electrons. The molecule has 43 heavy (non-hydrogen) atoms. The standard InChI is InChI=1S/C31H41NO11/c1-17(33)43-31(24(35)16-42-27(39)7-6-25(36)32-23(28(40)41)15-26(37)38)13-10-22-20-5-4-18-14-19(34)8-11-29(18,2)21(20)9-12-30(22,31)3/h14,20-23H,4-13,15-16H2,1-3H3,(H,32,36)(H,37,38)(H,40,41)/t20-,21-,22+,23+,29-,30-,31-/m0/s1. The maximum Gasteiger partial charge on any atom is 0.326 e. The third-order valence-corrected chi connectivity index (χ3v) is 10.8. The van der Waals surface area contributed by atoms with Crippen molar-refractivity contribution in [2.45, 2.75) is 103 Å². The number of ether oxygens (including phenoxy) is 2. The first-order valence-electron chi connectivity index (χ1n) is 15.0. The Morgan fingerprint density at radius 1 is 0.977 bits per heavy atom. The van der Waals surface area contributed by atoms with E-state index in [0.717, 1.165) is 25.7 Å². The zero-order chi connectivity index (χ0) is 31.7. The molecule has 0 aromatic carbocycles. The molecule has 0 heterocycles. The Balaban J connectivity index is 1.42. The van der Waals surface area contributed by atoms with Crippen LogP contribution in [-0.4, -0.2) is 69.8 Å². The summed E-state index contributed by atoms with van der Waals surface area (Å²) in [5, 5.41) is 19.9. The van der Waals surface area contributed by atoms with E-state index in [4.69, 9.17) is 19.7 Å². The molecule has 3 N–H and O–H groups in total. The third-order valence-electron chi connectivity index (χ3n) is 10.8. The molecule has 3 saturated carbocycles. The second-order valence-corrected chi connectivity index (χ2v) is 13.0. The lowest BCUT2D eigenvalue weighted by Gasteiger charge is -2.59. The predicted molar refractivity (Wildman–Crippen MR) is 148 cm³/mol. The number of allylic oxidation sites excluding steroid dienone is 1. The number of hydrogen-bond donors (Lipinski definition) is 3. The fourth-order valence-corrected chi connectivity index (χ4v) is 8.68. The zero-order valence-electron chi connectivity index (χ0n) is 24.9. The van der Waals surface area contributed by atoms with Crippen LogP contribution in [0.3, 0.4) is 0 Å². The number of aliphatic carboxylic acids is 2. The number of ketones is 2. The number of carboxylic acid groups (broad SMARTS) is 2. The van der Waals surface area contributed by atoms with E-state index in [1.54, 1.807) is 0 Å². The number of esters is 2. The zero-order valence-corrected chi connectivity index (χ0v) is 24.9. The average molecular weight is 604 g/mol. The fourth-order valence-electron chi connectivity index (χ4n) is 8.68. The van der Waals surface area contributed by atoms with Crippen molar-refractivity contribution in [2.24, 2.45) is 28.6 Å². The van der Waals surface area contributed by atoms with E-state index >= 15 is 0 Å². The van der Waals surface area contributed by atoms with Crippen molar-refractivity contribution in [1.29, 1.82) is 0 Å². The normalized spacial score (nSPS) is 33.5. The number of carbonyl (C=O) groups excluding carboxylic acids is 5. The van der Waals surface area contributed by atoms with Crippen LogP contribution in [0.1, 0.15) is 91.4 Å². The molecule has 0 saturated heterocycles. The van der Waals surface area contributed by atoms with Gasteiger partial charge in [0, 0.05) is 25.2 Å². The minimum absolute atomic E-state index is 0.0607. The van der Waals surface area contributed by atoms with Crippen molar-refractivity contribution in [3.8, 4) is 0 Å². The number of carbonyl (C=O) groups is 7.